The summed E-state index contributed by atoms with van der Waals surface area (Å²) in [5.74, 6) is 4.52. The lowest BCUT2D eigenvalue weighted by atomic mass is 9.59. The second-order valence-electron chi connectivity index (χ2n) is 20.0. The largest absolute Gasteiger partial charge is 0.508 e. The molecule has 0 aromatic heterocycles. The highest BCUT2D eigenvalue weighted by atomic mass is 16.5. The lowest BCUT2D eigenvalue weighted by Gasteiger charge is -2.42. The number of carbonyl (C=O) groups excluding carboxylic acids is 1. The number of nitrogens with two attached hydrogens (primary N) is 1. The van der Waals surface area contributed by atoms with Crippen molar-refractivity contribution in [2.75, 3.05) is 19.5 Å². The molecule has 0 saturated heterocycles. The van der Waals surface area contributed by atoms with Crippen LogP contribution in [-0.4, -0.2) is 52.4 Å². The van der Waals surface area contributed by atoms with Crippen LogP contribution in [0.25, 0.3) is 16.8 Å². The van der Waals surface area contributed by atoms with E-state index in [1.54, 1.807) is 14.2 Å². The number of phenols is 1. The van der Waals surface area contributed by atoms with Gasteiger partial charge < -0.3 is 45.7 Å². The molecule has 4 heterocycles. The van der Waals surface area contributed by atoms with Crippen molar-refractivity contribution in [1.29, 1.82) is 0 Å². The number of anilines is 1. The number of fused-ring (bicyclic) bond motifs is 6. The van der Waals surface area contributed by atoms with Crippen LogP contribution in [0.15, 0.2) is 126 Å². The molecule has 7 aliphatic rings. The number of benzene rings is 5. The average Bonchev–Trinajstić information content (AvgIpc) is 3.39. The van der Waals surface area contributed by atoms with Gasteiger partial charge in [0.1, 0.15) is 36.1 Å². The SMILES string of the molecule is CN=C(N)Nc1cccc(CCCC[C@H]2C=C3/C=C/[C@H](c4ccccc4)[C@]45C#CO[C@H](CC(=O)CCc6ccc(OC)c(c6)OCc6c(C(O)O)c(c7c4c(O)cc4c7c6C=C[C@@H]4C)CC5)C[C@@H]2C=C3O)c1. The number of methoxy groups -OCH3 is 1. The van der Waals surface area contributed by atoms with Gasteiger partial charge in [0.15, 0.2) is 23.7 Å². The van der Waals surface area contributed by atoms with Crippen LogP contribution in [0.2, 0.25) is 0 Å². The number of guanidine groups is 1. The third kappa shape index (κ3) is 9.37. The van der Waals surface area contributed by atoms with Crippen LogP contribution in [0.5, 0.6) is 17.2 Å². The summed E-state index contributed by atoms with van der Waals surface area (Å²) >= 11 is 0. The number of aryl methyl sites for hydroxylation is 3. The van der Waals surface area contributed by atoms with Gasteiger partial charge in [0, 0.05) is 59.7 Å². The van der Waals surface area contributed by atoms with Gasteiger partial charge in [-0.2, -0.15) is 0 Å². The van der Waals surface area contributed by atoms with Crippen molar-refractivity contribution >= 4 is 34.3 Å². The lowest BCUT2D eigenvalue weighted by Crippen LogP contribution is -2.36. The van der Waals surface area contributed by atoms with Crippen LogP contribution in [0.4, 0.5) is 5.69 Å². The molecule has 370 valence electrons. The molecule has 6 atom stereocenters. The van der Waals surface area contributed by atoms with Gasteiger partial charge in [-0.15, -0.1) is 0 Å². The van der Waals surface area contributed by atoms with E-state index in [0.29, 0.717) is 65.4 Å². The molecule has 11 heteroatoms. The van der Waals surface area contributed by atoms with Crippen LogP contribution in [-0.2, 0) is 40.8 Å². The number of phenolic OH excluding ortho intramolecular Hbond substituents is 1. The maximum Gasteiger partial charge on any atom is 0.192 e. The Labute approximate surface area is 421 Å². The predicted molar refractivity (Wildman–Crippen MR) is 282 cm³/mol. The van der Waals surface area contributed by atoms with Gasteiger partial charge in [-0.05, 0) is 143 Å². The molecule has 0 unspecified atom stereocenters. The third-order valence-electron chi connectivity index (χ3n) is 15.6. The number of ketones is 1. The van der Waals surface area contributed by atoms with Crippen LogP contribution in [0.1, 0.15) is 120 Å². The zero-order valence-electron chi connectivity index (χ0n) is 41.2. The summed E-state index contributed by atoms with van der Waals surface area (Å²) in [6.07, 6.45) is 18.6. The van der Waals surface area contributed by atoms with Gasteiger partial charge in [-0.1, -0.05) is 92.3 Å². The smallest absolute Gasteiger partial charge is 0.192 e. The highest BCUT2D eigenvalue weighted by molar-refractivity contribution is 6.04. The number of ether oxygens (including phenoxy) is 3. The molecule has 72 heavy (non-hydrogen) atoms. The number of hydrogen-bond acceptors (Lipinski definition) is 9. The summed E-state index contributed by atoms with van der Waals surface area (Å²) in [6.45, 7) is 2.09. The van der Waals surface area contributed by atoms with Crippen molar-refractivity contribution in [3.8, 4) is 29.3 Å². The molecule has 4 aliphatic heterocycles. The molecule has 0 saturated carbocycles. The van der Waals surface area contributed by atoms with E-state index in [1.165, 1.54) is 5.56 Å². The Morgan fingerprint density at radius 1 is 0.958 bits per heavy atom. The first-order valence-corrected chi connectivity index (χ1v) is 25.3. The van der Waals surface area contributed by atoms with E-state index in [-0.39, 0.29) is 54.5 Å². The molecule has 11 bridgehead atoms. The van der Waals surface area contributed by atoms with E-state index in [0.717, 1.165) is 70.0 Å². The van der Waals surface area contributed by atoms with E-state index >= 15 is 0 Å². The number of hydrogen-bond donors (Lipinski definition) is 6. The number of unbranched alkanes of at least 4 members (excludes halogenated alkanes) is 1. The summed E-state index contributed by atoms with van der Waals surface area (Å²) in [5, 5.41) is 52.5. The van der Waals surface area contributed by atoms with E-state index in [1.807, 2.05) is 72.8 Å². The summed E-state index contributed by atoms with van der Waals surface area (Å²) in [6, 6.07) is 25.8. The van der Waals surface area contributed by atoms with Crippen molar-refractivity contribution in [3.63, 3.8) is 0 Å². The first kappa shape index (κ1) is 48.4. The molecule has 0 amide bonds. The number of Topliss-reactive ketones (excluding diaryl/α,β-unsaturated/α-hetero) is 1. The highest BCUT2D eigenvalue weighted by Crippen LogP contribution is 2.57. The van der Waals surface area contributed by atoms with Crippen LogP contribution in [0.3, 0.4) is 0 Å². The Morgan fingerprint density at radius 2 is 1.81 bits per heavy atom. The molecule has 0 fully saturated rings. The van der Waals surface area contributed by atoms with Gasteiger partial charge in [0.05, 0.1) is 12.5 Å². The van der Waals surface area contributed by atoms with Crippen molar-refractivity contribution < 1.29 is 39.4 Å². The maximum absolute atomic E-state index is 14.2. The minimum absolute atomic E-state index is 0.000786. The normalized spacial score (nSPS) is 23.9. The summed E-state index contributed by atoms with van der Waals surface area (Å²) < 4.78 is 19.2. The molecule has 7 N–H and O–H groups in total. The minimum Gasteiger partial charge on any atom is -0.508 e. The Kier molecular flexibility index (Phi) is 13.7. The van der Waals surface area contributed by atoms with Crippen LogP contribution < -0.4 is 20.5 Å². The second kappa shape index (κ2) is 20.5. The quantitative estimate of drug-likeness (QED) is 0.0274. The van der Waals surface area contributed by atoms with Gasteiger partial charge in [0.2, 0.25) is 0 Å². The standard InChI is InChI=1S/C61H63N3O8/c1-36-16-21-46-49-35-72-54-29-38(18-23-53(54)70-3)17-20-44(65)33-45-31-42-32-51(66)41(30-40(42)14-8-7-10-37-11-9-15-43(28-37)64-60(62)63-2)19-22-50(39-12-5-4-6-13-39)61(26-27-71-45)25-24-47(56(49)59(68)69)57-55(46)48(36)34-52(67)58(57)61/h4-6,9,11-13,15-16,18-19,21-23,28-30,32,34,36,40,42,45,50,59,66-69H,7-8,10,14,17,20,24-25,31,33,35H2,1-3H3,(H3,62,63,64)/b22-19+/t36-,40-,42+,45-,50+,61-/m0/s1. The number of aliphatic hydroxyl groups is 3. The number of nitrogens with zero attached hydrogens (tertiary/aromatic N) is 1. The van der Waals surface area contributed by atoms with E-state index in [2.05, 4.69) is 71.8 Å². The maximum atomic E-state index is 14.2. The fourth-order valence-corrected chi connectivity index (χ4v) is 12.1. The van der Waals surface area contributed by atoms with Gasteiger partial charge >= 0.3 is 0 Å². The molecular formula is C61H63N3O8. The lowest BCUT2D eigenvalue weighted by molar-refractivity contribution is -0.121. The number of allylic oxidation sites excluding steroid dienone is 5. The Hall–Kier alpha value is -7.26. The van der Waals surface area contributed by atoms with E-state index in [9.17, 15) is 25.2 Å². The molecule has 1 spiro atoms. The Morgan fingerprint density at radius 3 is 2.61 bits per heavy atom. The highest BCUT2D eigenvalue weighted by Gasteiger charge is 2.47. The van der Waals surface area contributed by atoms with Gasteiger partial charge in [-0.3, -0.25) is 9.79 Å². The summed E-state index contributed by atoms with van der Waals surface area (Å²) in [5.41, 5.74) is 13.3. The molecule has 0 radical (unpaired) electrons. The number of aromatic hydroxyl groups is 1. The minimum atomic E-state index is -1.87. The van der Waals surface area contributed by atoms with Gasteiger partial charge in [0.25, 0.3) is 0 Å². The monoisotopic (exact) mass is 965 g/mol. The third-order valence-corrected chi connectivity index (χ3v) is 15.6. The average molecular weight is 966 g/mol. The second-order valence-corrected chi connectivity index (χ2v) is 20.0. The van der Waals surface area contributed by atoms with Crippen LogP contribution >= 0.6 is 0 Å². The molecule has 12 rings (SSSR count). The zero-order chi connectivity index (χ0) is 50.1. The van der Waals surface area contributed by atoms with Crippen LogP contribution in [0, 0.1) is 23.9 Å². The summed E-state index contributed by atoms with van der Waals surface area (Å²) in [4.78, 5) is 18.3. The Bertz CT molecular complexity index is 3140. The van der Waals surface area contributed by atoms with E-state index < -0.39 is 23.7 Å². The first-order valence-electron chi connectivity index (χ1n) is 25.3. The molecular weight excluding hydrogens is 903 g/mol. The molecule has 5 aromatic carbocycles. The molecule has 11 nitrogen and oxygen atoms in total. The first-order chi connectivity index (χ1) is 34.9. The topological polar surface area (TPSA) is 176 Å². The fraction of sp³-hybridized carbons (Fsp3) is 0.344. The van der Waals surface area contributed by atoms with Crippen molar-refractivity contribution in [3.05, 3.63) is 171 Å². The number of aliphatic hydroxyl groups excluding tert-OH is 2. The van der Waals surface area contributed by atoms with Gasteiger partial charge in [-0.25, -0.2) is 0 Å². The number of aliphatic imine (C=N–C) groups is 1. The zero-order valence-corrected chi connectivity index (χ0v) is 41.2. The van der Waals surface area contributed by atoms with E-state index in [4.69, 9.17) is 19.9 Å². The number of carbonyl (C=O) groups is 1. The number of nitrogens with one attached hydrogen (secondary N) is 1. The fourth-order valence-electron chi connectivity index (χ4n) is 12.1. The predicted octanol–water partition coefficient (Wildman–Crippen LogP) is 10.8. The van der Waals surface area contributed by atoms with Crippen molar-refractivity contribution in [1.82, 2.24) is 0 Å². The summed E-state index contributed by atoms with van der Waals surface area (Å²) in [7, 11) is 3.23. The van der Waals surface area contributed by atoms with Crippen molar-refractivity contribution in [2.24, 2.45) is 22.6 Å². The molecule has 5 aromatic rings. The molecule has 3 aliphatic carbocycles. The van der Waals surface area contributed by atoms with Crippen molar-refractivity contribution in [2.45, 2.75) is 107 Å². The Balaban J connectivity index is 1.14. The number of rotatable bonds is 9.